The number of thiophene rings is 1. The summed E-state index contributed by atoms with van der Waals surface area (Å²) in [6, 6.07) is 105. The first-order valence-corrected chi connectivity index (χ1v) is 26.0. The zero-order valence-corrected chi connectivity index (χ0v) is 40.8. The van der Waals surface area contributed by atoms with Crippen molar-refractivity contribution < 1.29 is 0 Å². The van der Waals surface area contributed by atoms with Gasteiger partial charge in [0.05, 0.1) is 11.1 Å². The Bertz CT molecular complexity index is 4130. The first-order chi connectivity index (χ1) is 36.2. The Balaban J connectivity index is 0.922. The average Bonchev–Trinajstić information content (AvgIpc) is 4.02. The van der Waals surface area contributed by atoms with E-state index in [1.807, 2.05) is 11.3 Å². The van der Waals surface area contributed by atoms with Gasteiger partial charge in [-0.25, -0.2) is 0 Å². The van der Waals surface area contributed by atoms with E-state index in [2.05, 4.69) is 290 Å². The van der Waals surface area contributed by atoms with Gasteiger partial charge in [-0.15, -0.1) is 11.3 Å². The Morgan fingerprint density at radius 2 is 0.836 bits per heavy atom. The van der Waals surface area contributed by atoms with Crippen molar-refractivity contribution in [3.8, 4) is 55.6 Å². The highest BCUT2D eigenvalue weighted by Gasteiger charge is 2.46. The van der Waals surface area contributed by atoms with E-state index < -0.39 is 5.41 Å². The molecule has 0 bridgehead atoms. The second kappa shape index (κ2) is 17.6. The SMILES string of the molecule is c1ccc(-c2ccc(N(c3ccc(-c4ccc(-c5ccc6ccccc6c5)cc4)cc3)c3cccc(-c4ccc5c(c4)C(c4ccccc4)(c4ccccc4)c4ccccc4-5)c3)c3c2sc2ccccc23)cc1. The molecular weight excluding hydrogens is 899 g/mol. The van der Waals surface area contributed by atoms with Crippen LogP contribution in [0.4, 0.5) is 17.1 Å². The summed E-state index contributed by atoms with van der Waals surface area (Å²) in [5.74, 6) is 0. The van der Waals surface area contributed by atoms with Gasteiger partial charge in [0.2, 0.25) is 0 Å². The summed E-state index contributed by atoms with van der Waals surface area (Å²) in [5, 5.41) is 5.03. The maximum atomic E-state index is 2.48. The maximum Gasteiger partial charge on any atom is 0.0713 e. The minimum Gasteiger partial charge on any atom is -0.310 e. The summed E-state index contributed by atoms with van der Waals surface area (Å²) < 4.78 is 2.56. The Hall–Kier alpha value is -9.08. The van der Waals surface area contributed by atoms with Gasteiger partial charge in [0.1, 0.15) is 0 Å². The number of hydrogen-bond acceptors (Lipinski definition) is 2. The van der Waals surface area contributed by atoms with Gasteiger partial charge >= 0.3 is 0 Å². The molecule has 12 aromatic carbocycles. The summed E-state index contributed by atoms with van der Waals surface area (Å²) in [6.45, 7) is 0. The standard InChI is InChI=1S/C71H47NS/c1-4-18-52(19-5-1)61-43-44-67(69-64-28-13-15-30-68(64)73-70(61)69)72(59-40-37-50(38-41-59)49-31-33-51(34-32-49)55-36-35-48-17-10-11-20-53(48)45-55)60-26-16-21-54(46-60)56-39-42-63-62-27-12-14-29-65(62)71(66(63)47-56,57-22-6-2-7-23-57)58-24-8-3-9-25-58/h1-47H. The van der Waals surface area contributed by atoms with Crippen molar-refractivity contribution in [2.45, 2.75) is 5.41 Å². The van der Waals surface area contributed by atoms with E-state index in [1.165, 1.54) is 103 Å². The lowest BCUT2D eigenvalue weighted by Crippen LogP contribution is -2.28. The molecule has 13 aromatic rings. The minimum absolute atomic E-state index is 0.487. The van der Waals surface area contributed by atoms with Gasteiger partial charge in [0, 0.05) is 31.5 Å². The predicted molar refractivity (Wildman–Crippen MR) is 311 cm³/mol. The summed E-state index contributed by atoms with van der Waals surface area (Å²) in [4.78, 5) is 2.48. The fourth-order valence-electron chi connectivity index (χ4n) is 11.7. The Labute approximate surface area is 430 Å². The van der Waals surface area contributed by atoms with Crippen molar-refractivity contribution in [2.24, 2.45) is 0 Å². The number of hydrogen-bond donors (Lipinski definition) is 0. The van der Waals surface area contributed by atoms with Gasteiger partial charge in [-0.3, -0.25) is 0 Å². The topological polar surface area (TPSA) is 3.24 Å². The second-order valence-corrected chi connectivity index (χ2v) is 20.2. The van der Waals surface area contributed by atoms with Gasteiger partial charge < -0.3 is 4.90 Å². The van der Waals surface area contributed by atoms with Crippen LogP contribution in [0.25, 0.3) is 86.6 Å². The molecule has 1 aromatic heterocycles. The molecule has 342 valence electrons. The third-order valence-electron chi connectivity index (χ3n) is 15.2. The van der Waals surface area contributed by atoms with Crippen LogP contribution >= 0.6 is 11.3 Å². The van der Waals surface area contributed by atoms with Crippen molar-refractivity contribution in [3.05, 3.63) is 307 Å². The molecule has 1 aliphatic carbocycles. The molecule has 0 amide bonds. The van der Waals surface area contributed by atoms with Crippen molar-refractivity contribution in [2.75, 3.05) is 4.90 Å². The van der Waals surface area contributed by atoms with Crippen LogP contribution in [0.2, 0.25) is 0 Å². The summed E-state index contributed by atoms with van der Waals surface area (Å²) in [5.41, 5.74) is 20.1. The van der Waals surface area contributed by atoms with E-state index in [0.717, 1.165) is 22.6 Å². The number of rotatable bonds is 9. The first-order valence-electron chi connectivity index (χ1n) is 25.1. The number of anilines is 3. The molecule has 0 atom stereocenters. The van der Waals surface area contributed by atoms with E-state index in [0.29, 0.717) is 0 Å². The van der Waals surface area contributed by atoms with Crippen LogP contribution in [0.1, 0.15) is 22.3 Å². The van der Waals surface area contributed by atoms with Gasteiger partial charge in [0.25, 0.3) is 0 Å². The van der Waals surface area contributed by atoms with Gasteiger partial charge in [0.15, 0.2) is 0 Å². The maximum absolute atomic E-state index is 2.48. The third kappa shape index (κ3) is 7.13. The van der Waals surface area contributed by atoms with Crippen LogP contribution in [0, 0.1) is 0 Å². The van der Waals surface area contributed by atoms with E-state index in [9.17, 15) is 0 Å². The smallest absolute Gasteiger partial charge is 0.0713 e. The quantitative estimate of drug-likeness (QED) is 0.139. The lowest BCUT2D eigenvalue weighted by Gasteiger charge is -2.34. The van der Waals surface area contributed by atoms with E-state index in [4.69, 9.17) is 0 Å². The van der Waals surface area contributed by atoms with Crippen LogP contribution in [0.5, 0.6) is 0 Å². The fourth-order valence-corrected chi connectivity index (χ4v) is 13.0. The summed E-state index contributed by atoms with van der Waals surface area (Å²) >= 11 is 1.88. The molecule has 2 heteroatoms. The van der Waals surface area contributed by atoms with Gasteiger partial charge in [-0.2, -0.15) is 0 Å². The van der Waals surface area contributed by atoms with Crippen LogP contribution in [-0.4, -0.2) is 0 Å². The van der Waals surface area contributed by atoms with E-state index >= 15 is 0 Å². The van der Waals surface area contributed by atoms with Crippen molar-refractivity contribution >= 4 is 59.3 Å². The highest BCUT2D eigenvalue weighted by Crippen LogP contribution is 2.57. The second-order valence-electron chi connectivity index (χ2n) is 19.2. The summed E-state index contributed by atoms with van der Waals surface area (Å²) in [6.07, 6.45) is 0. The molecule has 0 aliphatic heterocycles. The normalized spacial score (nSPS) is 12.5. The molecule has 1 heterocycles. The lowest BCUT2D eigenvalue weighted by molar-refractivity contribution is 0.769. The number of benzene rings is 12. The molecule has 0 saturated carbocycles. The molecule has 1 aliphatic rings. The molecule has 14 rings (SSSR count). The van der Waals surface area contributed by atoms with Crippen molar-refractivity contribution in [1.82, 2.24) is 0 Å². The molecule has 0 fully saturated rings. The Morgan fingerprint density at radius 1 is 0.301 bits per heavy atom. The molecule has 0 radical (unpaired) electrons. The molecule has 0 saturated heterocycles. The molecular formula is C71H47NS. The van der Waals surface area contributed by atoms with Crippen molar-refractivity contribution in [3.63, 3.8) is 0 Å². The van der Waals surface area contributed by atoms with Crippen LogP contribution in [0.3, 0.4) is 0 Å². The van der Waals surface area contributed by atoms with Crippen LogP contribution in [-0.2, 0) is 5.41 Å². The van der Waals surface area contributed by atoms with Crippen LogP contribution < -0.4 is 4.90 Å². The first kappa shape index (κ1) is 42.8. The zero-order valence-electron chi connectivity index (χ0n) is 40.0. The number of nitrogens with zero attached hydrogens (tertiary/aromatic N) is 1. The van der Waals surface area contributed by atoms with Crippen molar-refractivity contribution in [1.29, 1.82) is 0 Å². The number of fused-ring (bicyclic) bond motifs is 7. The fraction of sp³-hybridized carbons (Fsp3) is 0.0141. The highest BCUT2D eigenvalue weighted by molar-refractivity contribution is 7.26. The monoisotopic (exact) mass is 945 g/mol. The molecule has 0 spiro atoms. The highest BCUT2D eigenvalue weighted by atomic mass is 32.1. The average molecular weight is 946 g/mol. The van der Waals surface area contributed by atoms with E-state index in [-0.39, 0.29) is 0 Å². The molecule has 0 N–H and O–H groups in total. The van der Waals surface area contributed by atoms with E-state index in [1.54, 1.807) is 0 Å². The Kier molecular flexibility index (Phi) is 10.3. The molecule has 1 nitrogen and oxygen atoms in total. The molecule has 0 unspecified atom stereocenters. The van der Waals surface area contributed by atoms with Crippen LogP contribution in [0.15, 0.2) is 285 Å². The molecule has 73 heavy (non-hydrogen) atoms. The third-order valence-corrected chi connectivity index (χ3v) is 16.4. The predicted octanol–water partition coefficient (Wildman–Crippen LogP) is 19.7. The Morgan fingerprint density at radius 3 is 1.59 bits per heavy atom. The zero-order chi connectivity index (χ0) is 48.3. The lowest BCUT2D eigenvalue weighted by atomic mass is 9.67. The largest absolute Gasteiger partial charge is 0.310 e. The summed E-state index contributed by atoms with van der Waals surface area (Å²) in [7, 11) is 0. The van der Waals surface area contributed by atoms with Gasteiger partial charge in [-0.1, -0.05) is 237 Å². The minimum atomic E-state index is -0.487. The van der Waals surface area contributed by atoms with Gasteiger partial charge in [-0.05, 0) is 137 Å².